The van der Waals surface area contributed by atoms with Crippen molar-refractivity contribution in [3.05, 3.63) is 65.3 Å². The van der Waals surface area contributed by atoms with Crippen LogP contribution in [-0.4, -0.2) is 15.6 Å². The number of ether oxygens (including phenoxy) is 1. The molecule has 19 heavy (non-hydrogen) atoms. The lowest BCUT2D eigenvalue weighted by atomic mass is 10.3. The molecule has 3 rings (SSSR count). The maximum absolute atomic E-state index is 12.2. The molecule has 0 bridgehead atoms. The van der Waals surface area contributed by atoms with E-state index < -0.39 is 0 Å². The van der Waals surface area contributed by atoms with Crippen LogP contribution in [0.15, 0.2) is 59.7 Å². The van der Waals surface area contributed by atoms with Crippen molar-refractivity contribution in [2.75, 3.05) is 6.61 Å². The molecule has 0 spiro atoms. The molecular weight excluding hydrogens is 240 g/mol. The fourth-order valence-electron chi connectivity index (χ4n) is 2.09. The fourth-order valence-corrected chi connectivity index (χ4v) is 2.09. The molecule has 4 nitrogen and oxygen atoms in total. The minimum absolute atomic E-state index is 0.0697. The van der Waals surface area contributed by atoms with Gasteiger partial charge in [-0.1, -0.05) is 6.07 Å². The predicted octanol–water partition coefficient (Wildman–Crippen LogP) is 2.49. The van der Waals surface area contributed by atoms with E-state index in [1.54, 1.807) is 15.2 Å². The summed E-state index contributed by atoms with van der Waals surface area (Å²) in [5, 5.41) is 0. The molecule has 0 aliphatic rings. The molecule has 96 valence electrons. The van der Waals surface area contributed by atoms with Crippen LogP contribution in [0.1, 0.15) is 6.92 Å². The van der Waals surface area contributed by atoms with Crippen LogP contribution in [0.3, 0.4) is 0 Å². The lowest BCUT2D eigenvalue weighted by Crippen LogP contribution is -2.17. The molecule has 0 atom stereocenters. The zero-order valence-electron chi connectivity index (χ0n) is 10.6. The van der Waals surface area contributed by atoms with Crippen LogP contribution in [0.5, 0.6) is 5.75 Å². The molecule has 0 N–H and O–H groups in total. The highest BCUT2D eigenvalue weighted by atomic mass is 16.5. The van der Waals surface area contributed by atoms with E-state index in [0.717, 1.165) is 17.0 Å². The monoisotopic (exact) mass is 254 g/mol. The first kappa shape index (κ1) is 11.6. The molecule has 0 aliphatic carbocycles. The van der Waals surface area contributed by atoms with Crippen LogP contribution in [0.2, 0.25) is 0 Å². The van der Waals surface area contributed by atoms with Gasteiger partial charge in [0.15, 0.2) is 0 Å². The predicted molar refractivity (Wildman–Crippen MR) is 74.2 cm³/mol. The Morgan fingerprint density at radius 3 is 2.58 bits per heavy atom. The van der Waals surface area contributed by atoms with Crippen molar-refractivity contribution in [1.29, 1.82) is 0 Å². The van der Waals surface area contributed by atoms with E-state index >= 15 is 0 Å². The Morgan fingerprint density at radius 1 is 1.11 bits per heavy atom. The first-order valence-corrected chi connectivity index (χ1v) is 6.21. The molecule has 0 amide bonds. The summed E-state index contributed by atoms with van der Waals surface area (Å²) in [5.41, 5.74) is 1.64. The third-order valence-corrected chi connectivity index (χ3v) is 2.99. The Hall–Kier alpha value is -2.49. The van der Waals surface area contributed by atoms with Crippen LogP contribution >= 0.6 is 0 Å². The molecule has 2 heterocycles. The number of pyridine rings is 1. The minimum atomic E-state index is -0.0697. The van der Waals surface area contributed by atoms with Crippen molar-refractivity contribution < 1.29 is 4.74 Å². The molecule has 0 radical (unpaired) electrons. The highest BCUT2D eigenvalue weighted by Crippen LogP contribution is 2.15. The summed E-state index contributed by atoms with van der Waals surface area (Å²) >= 11 is 0. The molecule has 0 saturated heterocycles. The third-order valence-electron chi connectivity index (χ3n) is 2.99. The normalized spacial score (nSPS) is 10.8. The van der Waals surface area contributed by atoms with Crippen LogP contribution in [0, 0.1) is 0 Å². The zero-order chi connectivity index (χ0) is 13.2. The van der Waals surface area contributed by atoms with E-state index in [-0.39, 0.29) is 5.69 Å². The van der Waals surface area contributed by atoms with Crippen LogP contribution in [0.4, 0.5) is 0 Å². The largest absolute Gasteiger partial charge is 0.494 e. The van der Waals surface area contributed by atoms with Crippen molar-refractivity contribution in [1.82, 2.24) is 8.97 Å². The van der Waals surface area contributed by atoms with Gasteiger partial charge in [0.05, 0.1) is 17.8 Å². The summed E-state index contributed by atoms with van der Waals surface area (Å²) in [5.74, 6) is 0.808. The second-order valence-corrected chi connectivity index (χ2v) is 4.20. The lowest BCUT2D eigenvalue weighted by molar-refractivity contribution is 0.340. The Labute approximate surface area is 110 Å². The zero-order valence-corrected chi connectivity index (χ0v) is 10.6. The van der Waals surface area contributed by atoms with Crippen molar-refractivity contribution in [2.24, 2.45) is 0 Å². The van der Waals surface area contributed by atoms with Gasteiger partial charge in [0.2, 0.25) is 0 Å². The summed E-state index contributed by atoms with van der Waals surface area (Å²) in [6.45, 7) is 2.58. The van der Waals surface area contributed by atoms with Crippen molar-refractivity contribution in [3.63, 3.8) is 0 Å². The second kappa shape index (κ2) is 4.65. The smallest absolute Gasteiger partial charge is 0.337 e. The average Bonchev–Trinajstić information content (AvgIpc) is 2.78. The summed E-state index contributed by atoms with van der Waals surface area (Å²) < 4.78 is 8.64. The van der Waals surface area contributed by atoms with E-state index in [4.69, 9.17) is 4.74 Å². The number of hydrogen-bond acceptors (Lipinski definition) is 2. The summed E-state index contributed by atoms with van der Waals surface area (Å²) in [6, 6.07) is 13.2. The van der Waals surface area contributed by atoms with E-state index in [0.29, 0.717) is 6.61 Å². The van der Waals surface area contributed by atoms with Crippen molar-refractivity contribution in [3.8, 4) is 11.4 Å². The number of fused-ring (bicyclic) bond motifs is 1. The number of hydrogen-bond donors (Lipinski definition) is 0. The molecule has 4 heteroatoms. The first-order chi connectivity index (χ1) is 9.29. The van der Waals surface area contributed by atoms with Gasteiger partial charge in [0.1, 0.15) is 5.75 Å². The molecular formula is C15H14N2O2. The third kappa shape index (κ3) is 2.01. The van der Waals surface area contributed by atoms with E-state index in [2.05, 4.69) is 0 Å². The molecule has 0 unspecified atom stereocenters. The van der Waals surface area contributed by atoms with Crippen LogP contribution in [0.25, 0.3) is 11.2 Å². The van der Waals surface area contributed by atoms with E-state index in [9.17, 15) is 4.79 Å². The van der Waals surface area contributed by atoms with Gasteiger partial charge in [0.25, 0.3) is 0 Å². The highest BCUT2D eigenvalue weighted by Gasteiger charge is 2.05. The van der Waals surface area contributed by atoms with Gasteiger partial charge < -0.3 is 4.74 Å². The topological polar surface area (TPSA) is 35.6 Å². The number of nitrogens with zero attached hydrogens (tertiary/aromatic N) is 2. The van der Waals surface area contributed by atoms with E-state index in [1.165, 1.54) is 0 Å². The number of imidazole rings is 1. The van der Waals surface area contributed by atoms with Gasteiger partial charge in [-0.2, -0.15) is 0 Å². The quantitative estimate of drug-likeness (QED) is 0.720. The number of aromatic nitrogens is 2. The minimum Gasteiger partial charge on any atom is -0.494 e. The van der Waals surface area contributed by atoms with Crippen molar-refractivity contribution >= 4 is 5.52 Å². The van der Waals surface area contributed by atoms with Gasteiger partial charge in [-0.3, -0.25) is 8.97 Å². The number of rotatable bonds is 3. The van der Waals surface area contributed by atoms with Gasteiger partial charge in [0, 0.05) is 12.4 Å². The molecule has 2 aromatic heterocycles. The maximum atomic E-state index is 12.2. The molecule has 3 aromatic rings. The van der Waals surface area contributed by atoms with Crippen LogP contribution < -0.4 is 10.4 Å². The summed E-state index contributed by atoms with van der Waals surface area (Å²) in [4.78, 5) is 12.2. The second-order valence-electron chi connectivity index (χ2n) is 4.20. The lowest BCUT2D eigenvalue weighted by Gasteiger charge is -2.04. The molecule has 0 saturated carbocycles. The van der Waals surface area contributed by atoms with Gasteiger partial charge in [-0.25, -0.2) is 4.79 Å². The standard InChI is InChI=1S/C15H14N2O2/c1-2-19-14-8-6-12(7-9-14)17-11-13-5-3-4-10-16(13)15(17)18/h3-11H,2H2,1H3. The SMILES string of the molecule is CCOc1ccc(-n2cc3ccccn3c2=O)cc1. The van der Waals surface area contributed by atoms with Gasteiger partial charge >= 0.3 is 5.69 Å². The Balaban J connectivity index is 2.09. The Morgan fingerprint density at radius 2 is 1.89 bits per heavy atom. The number of benzene rings is 1. The Bertz CT molecular complexity index is 754. The summed E-state index contributed by atoms with van der Waals surface area (Å²) in [6.07, 6.45) is 3.60. The molecule has 0 aliphatic heterocycles. The maximum Gasteiger partial charge on any atom is 0.337 e. The van der Waals surface area contributed by atoms with Crippen LogP contribution in [-0.2, 0) is 0 Å². The highest BCUT2D eigenvalue weighted by molar-refractivity contribution is 5.48. The van der Waals surface area contributed by atoms with E-state index in [1.807, 2.05) is 55.6 Å². The Kier molecular flexibility index (Phi) is 2.83. The van der Waals surface area contributed by atoms with Gasteiger partial charge in [-0.15, -0.1) is 0 Å². The fraction of sp³-hybridized carbons (Fsp3) is 0.133. The van der Waals surface area contributed by atoms with Crippen molar-refractivity contribution in [2.45, 2.75) is 6.92 Å². The van der Waals surface area contributed by atoms with Gasteiger partial charge in [-0.05, 0) is 43.3 Å². The molecule has 1 aromatic carbocycles. The first-order valence-electron chi connectivity index (χ1n) is 6.21. The molecule has 0 fully saturated rings. The summed E-state index contributed by atoms with van der Waals surface area (Å²) in [7, 11) is 0. The average molecular weight is 254 g/mol.